The van der Waals surface area contributed by atoms with E-state index < -0.39 is 0 Å². The first kappa shape index (κ1) is 13.5. The molecule has 0 spiro atoms. The van der Waals surface area contributed by atoms with Crippen LogP contribution < -0.4 is 5.32 Å². The third-order valence-corrected chi connectivity index (χ3v) is 3.20. The summed E-state index contributed by atoms with van der Waals surface area (Å²) in [6, 6.07) is 8.17. The zero-order valence-corrected chi connectivity index (χ0v) is 11.6. The van der Waals surface area contributed by atoms with Crippen LogP contribution in [-0.4, -0.2) is 6.54 Å². The van der Waals surface area contributed by atoms with Crippen molar-refractivity contribution in [2.45, 2.75) is 19.9 Å². The van der Waals surface area contributed by atoms with Crippen LogP contribution in [-0.2, 0) is 0 Å². The molecule has 0 aliphatic heterocycles. The first-order chi connectivity index (χ1) is 7.54. The number of nitriles is 1. The van der Waals surface area contributed by atoms with E-state index in [-0.39, 0.29) is 12.0 Å². The van der Waals surface area contributed by atoms with Gasteiger partial charge in [0.2, 0.25) is 0 Å². The summed E-state index contributed by atoms with van der Waals surface area (Å²) in [7, 11) is 0. The molecule has 16 heavy (non-hydrogen) atoms. The quantitative estimate of drug-likeness (QED) is 0.915. The standard InChI is InChI=1S/C12H14BrClN2/c1-8(6-15)7-16-9(2)11-4-3-10(13)5-12(11)14/h3-5,8-9,16H,7H2,1-2H3. The van der Waals surface area contributed by atoms with Crippen LogP contribution in [0.1, 0.15) is 25.5 Å². The number of nitrogens with one attached hydrogen (secondary N) is 1. The lowest BCUT2D eigenvalue weighted by Crippen LogP contribution is -2.24. The number of nitrogens with zero attached hydrogens (tertiary/aromatic N) is 1. The molecule has 1 aromatic rings. The number of benzene rings is 1. The van der Waals surface area contributed by atoms with Gasteiger partial charge >= 0.3 is 0 Å². The largest absolute Gasteiger partial charge is 0.309 e. The van der Waals surface area contributed by atoms with Gasteiger partial charge in [0.05, 0.1) is 12.0 Å². The van der Waals surface area contributed by atoms with Gasteiger partial charge in [-0.2, -0.15) is 5.26 Å². The topological polar surface area (TPSA) is 35.8 Å². The Morgan fingerprint density at radius 3 is 2.75 bits per heavy atom. The number of hydrogen-bond donors (Lipinski definition) is 1. The van der Waals surface area contributed by atoms with E-state index in [0.29, 0.717) is 6.54 Å². The van der Waals surface area contributed by atoms with Crippen LogP contribution in [0.4, 0.5) is 0 Å². The SMILES string of the molecule is CC(C#N)CNC(C)c1ccc(Br)cc1Cl. The van der Waals surface area contributed by atoms with Crippen molar-refractivity contribution in [2.75, 3.05) is 6.54 Å². The molecule has 0 aliphatic rings. The van der Waals surface area contributed by atoms with Crippen LogP contribution >= 0.6 is 27.5 Å². The smallest absolute Gasteiger partial charge is 0.0666 e. The van der Waals surface area contributed by atoms with Crippen molar-refractivity contribution < 1.29 is 0 Å². The second-order valence-corrected chi connectivity index (χ2v) is 5.15. The molecule has 0 saturated carbocycles. The van der Waals surface area contributed by atoms with Gasteiger partial charge in [-0.3, -0.25) is 0 Å². The maximum atomic E-state index is 8.69. The summed E-state index contributed by atoms with van der Waals surface area (Å²) in [5.74, 6) is 0.0108. The minimum atomic E-state index is 0.0108. The maximum Gasteiger partial charge on any atom is 0.0666 e. The summed E-state index contributed by atoms with van der Waals surface area (Å²) in [5, 5.41) is 12.7. The Morgan fingerprint density at radius 2 is 2.19 bits per heavy atom. The van der Waals surface area contributed by atoms with Crippen molar-refractivity contribution >= 4 is 27.5 Å². The van der Waals surface area contributed by atoms with Crippen molar-refractivity contribution in [1.29, 1.82) is 5.26 Å². The molecule has 0 radical (unpaired) electrons. The van der Waals surface area contributed by atoms with Crippen LogP contribution in [0.2, 0.25) is 5.02 Å². The second kappa shape index (κ2) is 6.24. The molecule has 1 aromatic carbocycles. The second-order valence-electron chi connectivity index (χ2n) is 3.83. The highest BCUT2D eigenvalue weighted by Gasteiger charge is 2.10. The lowest BCUT2D eigenvalue weighted by Gasteiger charge is -2.16. The van der Waals surface area contributed by atoms with E-state index in [9.17, 15) is 0 Å². The Balaban J connectivity index is 2.66. The van der Waals surface area contributed by atoms with Gasteiger partial charge in [0.1, 0.15) is 0 Å². The highest BCUT2D eigenvalue weighted by atomic mass is 79.9. The Bertz CT molecular complexity index is 400. The van der Waals surface area contributed by atoms with E-state index >= 15 is 0 Å². The average Bonchev–Trinajstić information content (AvgIpc) is 2.25. The number of rotatable bonds is 4. The first-order valence-electron chi connectivity index (χ1n) is 5.12. The van der Waals surface area contributed by atoms with Crippen LogP contribution in [0.5, 0.6) is 0 Å². The van der Waals surface area contributed by atoms with Crippen LogP contribution in [0, 0.1) is 17.2 Å². The van der Waals surface area contributed by atoms with Crippen molar-refractivity contribution in [2.24, 2.45) is 5.92 Å². The van der Waals surface area contributed by atoms with Crippen molar-refractivity contribution in [1.82, 2.24) is 5.32 Å². The third kappa shape index (κ3) is 3.79. The monoisotopic (exact) mass is 300 g/mol. The van der Waals surface area contributed by atoms with Crippen molar-refractivity contribution in [3.05, 3.63) is 33.3 Å². The summed E-state index contributed by atoms with van der Waals surface area (Å²) in [5.41, 5.74) is 1.05. The summed E-state index contributed by atoms with van der Waals surface area (Å²) in [6.07, 6.45) is 0. The highest BCUT2D eigenvalue weighted by Crippen LogP contribution is 2.26. The minimum Gasteiger partial charge on any atom is -0.309 e. The molecule has 0 fully saturated rings. The van der Waals surface area contributed by atoms with Crippen LogP contribution in [0.3, 0.4) is 0 Å². The summed E-state index contributed by atoms with van der Waals surface area (Å²) in [4.78, 5) is 0. The minimum absolute atomic E-state index is 0.0108. The van der Waals surface area contributed by atoms with E-state index in [1.54, 1.807) is 0 Å². The van der Waals surface area contributed by atoms with Crippen LogP contribution in [0.15, 0.2) is 22.7 Å². The molecule has 0 amide bonds. The molecule has 1 N–H and O–H groups in total. The maximum absolute atomic E-state index is 8.69. The van der Waals surface area contributed by atoms with Gasteiger partial charge < -0.3 is 5.32 Å². The van der Waals surface area contributed by atoms with E-state index in [1.807, 2.05) is 32.0 Å². The molecule has 0 saturated heterocycles. The zero-order chi connectivity index (χ0) is 12.1. The van der Waals surface area contributed by atoms with Crippen LogP contribution in [0.25, 0.3) is 0 Å². The predicted molar refractivity (Wildman–Crippen MR) is 70.3 cm³/mol. The fourth-order valence-electron chi connectivity index (χ4n) is 1.36. The zero-order valence-electron chi connectivity index (χ0n) is 9.30. The molecule has 4 heteroatoms. The number of hydrogen-bond acceptors (Lipinski definition) is 2. The summed E-state index contributed by atoms with van der Waals surface area (Å²) in [6.45, 7) is 4.60. The fourth-order valence-corrected chi connectivity index (χ4v) is 2.20. The van der Waals surface area contributed by atoms with Gasteiger partial charge in [-0.1, -0.05) is 33.6 Å². The molecule has 2 atom stereocenters. The van der Waals surface area contributed by atoms with Gasteiger partial charge in [-0.05, 0) is 31.5 Å². The predicted octanol–water partition coefficient (Wildman–Crippen LogP) is 3.91. The van der Waals surface area contributed by atoms with E-state index in [0.717, 1.165) is 15.1 Å². The van der Waals surface area contributed by atoms with Crippen molar-refractivity contribution in [3.63, 3.8) is 0 Å². The van der Waals surface area contributed by atoms with Gasteiger partial charge in [-0.25, -0.2) is 0 Å². The Kier molecular flexibility index (Phi) is 5.27. The normalized spacial score (nSPS) is 14.2. The van der Waals surface area contributed by atoms with E-state index in [2.05, 4.69) is 27.3 Å². The lowest BCUT2D eigenvalue weighted by molar-refractivity contribution is 0.528. The van der Waals surface area contributed by atoms with Gasteiger partial charge in [-0.15, -0.1) is 0 Å². The summed E-state index contributed by atoms with van der Waals surface area (Å²) < 4.78 is 0.971. The molecule has 86 valence electrons. The van der Waals surface area contributed by atoms with E-state index in [4.69, 9.17) is 16.9 Å². The third-order valence-electron chi connectivity index (χ3n) is 2.38. The molecule has 0 aliphatic carbocycles. The highest BCUT2D eigenvalue weighted by molar-refractivity contribution is 9.10. The number of halogens is 2. The van der Waals surface area contributed by atoms with E-state index in [1.165, 1.54) is 0 Å². The summed E-state index contributed by atoms with van der Waals surface area (Å²) >= 11 is 9.51. The molecule has 0 heterocycles. The molecule has 2 unspecified atom stereocenters. The molecule has 1 rings (SSSR count). The van der Waals surface area contributed by atoms with Gasteiger partial charge in [0, 0.05) is 22.1 Å². The molecule has 0 bridgehead atoms. The molecule has 0 aromatic heterocycles. The molecule has 2 nitrogen and oxygen atoms in total. The van der Waals surface area contributed by atoms with Gasteiger partial charge in [0.25, 0.3) is 0 Å². The molecular weight excluding hydrogens is 288 g/mol. The lowest BCUT2D eigenvalue weighted by atomic mass is 10.1. The Morgan fingerprint density at radius 1 is 1.50 bits per heavy atom. The molecular formula is C12H14BrClN2. The first-order valence-corrected chi connectivity index (χ1v) is 6.29. The van der Waals surface area contributed by atoms with Gasteiger partial charge in [0.15, 0.2) is 0 Å². The Labute approximate surface area is 110 Å². The average molecular weight is 302 g/mol. The van der Waals surface area contributed by atoms with Crippen molar-refractivity contribution in [3.8, 4) is 6.07 Å². The Hall–Kier alpha value is -0.560. The fraction of sp³-hybridized carbons (Fsp3) is 0.417.